The minimum absolute atomic E-state index is 0.267. The van der Waals surface area contributed by atoms with Crippen LogP contribution in [0.4, 0.5) is 15.6 Å². The summed E-state index contributed by atoms with van der Waals surface area (Å²) in [6.45, 7) is 6.88. The lowest BCUT2D eigenvalue weighted by Crippen LogP contribution is -2.45. The van der Waals surface area contributed by atoms with Gasteiger partial charge in [0, 0.05) is 25.2 Å². The minimum Gasteiger partial charge on any atom is -0.465 e. The molecule has 0 spiro atoms. The number of hydrogen-bond acceptors (Lipinski definition) is 6. The number of hydroxylamine groups is 2. The summed E-state index contributed by atoms with van der Waals surface area (Å²) in [5.41, 5.74) is 1.54. The van der Waals surface area contributed by atoms with E-state index in [2.05, 4.69) is 10.3 Å². The highest BCUT2D eigenvalue weighted by Gasteiger charge is 2.27. The van der Waals surface area contributed by atoms with Crippen LogP contribution in [0.25, 0.3) is 0 Å². The molecule has 0 aliphatic carbocycles. The molecule has 2 N–H and O–H groups in total. The summed E-state index contributed by atoms with van der Waals surface area (Å²) in [5.74, 6) is -0.610. The molecular weight excluding hydrogens is 420 g/mol. The molecule has 1 aromatic heterocycles. The van der Waals surface area contributed by atoms with Crippen molar-refractivity contribution in [2.24, 2.45) is 0 Å². The van der Waals surface area contributed by atoms with Gasteiger partial charge in [-0.05, 0) is 51.3 Å². The van der Waals surface area contributed by atoms with Crippen molar-refractivity contribution in [1.82, 2.24) is 10.0 Å². The van der Waals surface area contributed by atoms with Gasteiger partial charge in [-0.2, -0.15) is 0 Å². The summed E-state index contributed by atoms with van der Waals surface area (Å²) in [5, 5.41) is 13.6. The van der Waals surface area contributed by atoms with Crippen molar-refractivity contribution in [3.8, 4) is 0 Å². The van der Waals surface area contributed by atoms with Gasteiger partial charge in [0.05, 0.1) is 12.8 Å². The number of benzene rings is 1. The SMILES string of the molecule is CON(C)C(=O)c1sc(NC(C)=O)nc1CCc1ccc(N(C(=O)O)C(C)(C)C)cc1. The smallest absolute Gasteiger partial charge is 0.412 e. The van der Waals surface area contributed by atoms with Gasteiger partial charge in [0.1, 0.15) is 4.88 Å². The van der Waals surface area contributed by atoms with E-state index in [4.69, 9.17) is 4.84 Å². The molecule has 10 heteroatoms. The van der Waals surface area contributed by atoms with Gasteiger partial charge < -0.3 is 10.4 Å². The standard InChI is InChI=1S/C21H28N4O5S/c1-13(26)22-19-23-16(17(31-19)18(27)24(5)30-6)12-9-14-7-10-15(11-8-14)25(20(28)29)21(2,3)4/h7-8,10-11H,9,12H2,1-6H3,(H,28,29)(H,22,23,26). The average molecular weight is 449 g/mol. The first-order valence-electron chi connectivity index (χ1n) is 9.65. The van der Waals surface area contributed by atoms with E-state index in [0.717, 1.165) is 22.0 Å². The number of nitrogens with one attached hydrogen (secondary N) is 1. The van der Waals surface area contributed by atoms with Crippen LogP contribution in [0.2, 0.25) is 0 Å². The molecule has 168 valence electrons. The van der Waals surface area contributed by atoms with Crippen molar-refractivity contribution in [3.05, 3.63) is 40.4 Å². The van der Waals surface area contributed by atoms with Crippen LogP contribution >= 0.6 is 11.3 Å². The van der Waals surface area contributed by atoms with Crippen LogP contribution in [0, 0.1) is 0 Å². The molecule has 0 atom stereocenters. The van der Waals surface area contributed by atoms with Crippen molar-refractivity contribution in [2.75, 3.05) is 24.4 Å². The van der Waals surface area contributed by atoms with E-state index < -0.39 is 11.6 Å². The summed E-state index contributed by atoms with van der Waals surface area (Å²) in [6.07, 6.45) is 0.0395. The fourth-order valence-electron chi connectivity index (χ4n) is 2.98. The van der Waals surface area contributed by atoms with E-state index in [9.17, 15) is 19.5 Å². The van der Waals surface area contributed by atoms with Gasteiger partial charge in [-0.15, -0.1) is 0 Å². The van der Waals surface area contributed by atoms with Gasteiger partial charge >= 0.3 is 6.09 Å². The second-order valence-corrected chi connectivity index (χ2v) is 8.92. The average Bonchev–Trinajstić information content (AvgIpc) is 3.06. The Kier molecular flexibility index (Phi) is 7.75. The van der Waals surface area contributed by atoms with E-state index in [1.807, 2.05) is 32.9 Å². The molecule has 3 amide bonds. The van der Waals surface area contributed by atoms with Gasteiger partial charge in [0.15, 0.2) is 5.13 Å². The third-order valence-corrected chi connectivity index (χ3v) is 5.44. The van der Waals surface area contributed by atoms with E-state index in [0.29, 0.717) is 34.2 Å². The number of aryl methyl sites for hydroxylation is 2. The number of rotatable bonds is 7. The normalized spacial score (nSPS) is 11.2. The zero-order valence-corrected chi connectivity index (χ0v) is 19.4. The molecule has 1 aromatic carbocycles. The topological polar surface area (TPSA) is 112 Å². The number of amides is 3. The molecule has 31 heavy (non-hydrogen) atoms. The monoisotopic (exact) mass is 448 g/mol. The number of carboxylic acid groups (broad SMARTS) is 1. The number of nitrogens with zero attached hydrogens (tertiary/aromatic N) is 3. The van der Waals surface area contributed by atoms with Crippen LogP contribution in [-0.2, 0) is 22.5 Å². The summed E-state index contributed by atoms with van der Waals surface area (Å²) in [6, 6.07) is 7.26. The lowest BCUT2D eigenvalue weighted by molar-refractivity contribution is -0.114. The Hall–Kier alpha value is -2.98. The third kappa shape index (κ3) is 6.25. The van der Waals surface area contributed by atoms with E-state index in [1.165, 1.54) is 26.0 Å². The Bertz CT molecular complexity index is 950. The number of anilines is 2. The number of hydrogen-bond donors (Lipinski definition) is 2. The number of aromatic nitrogens is 1. The second kappa shape index (κ2) is 9.88. The van der Waals surface area contributed by atoms with Crippen LogP contribution < -0.4 is 10.2 Å². The van der Waals surface area contributed by atoms with Crippen LogP contribution in [0.5, 0.6) is 0 Å². The largest absolute Gasteiger partial charge is 0.465 e. The van der Waals surface area contributed by atoms with Crippen molar-refractivity contribution in [2.45, 2.75) is 46.1 Å². The maximum absolute atomic E-state index is 12.6. The Balaban J connectivity index is 2.22. The Labute approximate surface area is 185 Å². The third-order valence-electron chi connectivity index (χ3n) is 4.44. The van der Waals surface area contributed by atoms with Crippen LogP contribution in [0.15, 0.2) is 24.3 Å². The predicted molar refractivity (Wildman–Crippen MR) is 120 cm³/mol. The van der Waals surface area contributed by atoms with Gasteiger partial charge in [-0.1, -0.05) is 23.5 Å². The summed E-state index contributed by atoms with van der Waals surface area (Å²) in [4.78, 5) is 46.7. The van der Waals surface area contributed by atoms with Gasteiger partial charge in [-0.25, -0.2) is 14.8 Å². The zero-order valence-electron chi connectivity index (χ0n) is 18.6. The molecule has 0 unspecified atom stereocenters. The predicted octanol–water partition coefficient (Wildman–Crippen LogP) is 3.80. The number of carbonyl (C=O) groups is 3. The van der Waals surface area contributed by atoms with Gasteiger partial charge in [0.2, 0.25) is 5.91 Å². The number of carbonyl (C=O) groups excluding carboxylic acids is 2. The molecule has 2 aromatic rings. The molecule has 0 aliphatic heterocycles. The molecule has 0 saturated heterocycles. The maximum atomic E-state index is 12.6. The van der Waals surface area contributed by atoms with E-state index in [-0.39, 0.29) is 11.8 Å². The Morgan fingerprint density at radius 3 is 2.26 bits per heavy atom. The molecule has 0 aliphatic rings. The molecule has 1 heterocycles. The molecule has 0 radical (unpaired) electrons. The highest BCUT2D eigenvalue weighted by atomic mass is 32.1. The Morgan fingerprint density at radius 1 is 1.16 bits per heavy atom. The number of thiazole rings is 1. The fraction of sp³-hybridized carbons (Fsp3) is 0.429. The lowest BCUT2D eigenvalue weighted by atomic mass is 10.0. The molecule has 2 rings (SSSR count). The van der Waals surface area contributed by atoms with Crippen molar-refractivity contribution in [3.63, 3.8) is 0 Å². The maximum Gasteiger partial charge on any atom is 0.412 e. The first kappa shape index (κ1) is 24.3. The van der Waals surface area contributed by atoms with E-state index in [1.54, 1.807) is 12.1 Å². The molecule has 0 saturated carbocycles. The first-order valence-corrected chi connectivity index (χ1v) is 10.5. The summed E-state index contributed by atoms with van der Waals surface area (Å²) < 4.78 is 0. The highest BCUT2D eigenvalue weighted by molar-refractivity contribution is 7.17. The molecular formula is C21H28N4O5S. The summed E-state index contributed by atoms with van der Waals surface area (Å²) >= 11 is 1.10. The second-order valence-electron chi connectivity index (χ2n) is 7.92. The minimum atomic E-state index is -1.02. The van der Waals surface area contributed by atoms with E-state index >= 15 is 0 Å². The quantitative estimate of drug-likeness (QED) is 0.623. The first-order chi connectivity index (χ1) is 14.4. The van der Waals surface area contributed by atoms with Crippen molar-refractivity contribution >= 4 is 40.1 Å². The zero-order chi connectivity index (χ0) is 23.3. The highest BCUT2D eigenvalue weighted by Crippen LogP contribution is 2.27. The van der Waals surface area contributed by atoms with Crippen LogP contribution in [0.1, 0.15) is 48.6 Å². The van der Waals surface area contributed by atoms with Gasteiger partial charge in [-0.3, -0.25) is 19.3 Å². The van der Waals surface area contributed by atoms with Crippen molar-refractivity contribution in [1.29, 1.82) is 0 Å². The van der Waals surface area contributed by atoms with Gasteiger partial charge in [0.25, 0.3) is 5.91 Å². The summed E-state index contributed by atoms with van der Waals surface area (Å²) in [7, 11) is 2.90. The van der Waals surface area contributed by atoms with Crippen LogP contribution in [0.3, 0.4) is 0 Å². The van der Waals surface area contributed by atoms with Crippen LogP contribution in [-0.4, -0.2) is 52.8 Å². The molecule has 0 fully saturated rings. The Morgan fingerprint density at radius 2 is 1.77 bits per heavy atom. The van der Waals surface area contributed by atoms with Crippen molar-refractivity contribution < 1.29 is 24.3 Å². The molecule has 9 nitrogen and oxygen atoms in total. The fourth-order valence-corrected chi connectivity index (χ4v) is 4.00. The molecule has 0 bridgehead atoms. The lowest BCUT2D eigenvalue weighted by Gasteiger charge is -2.33.